The number of Topliss-reactive ketones (excluding diaryl/α,β-unsaturated/α-hetero) is 1. The Morgan fingerprint density at radius 2 is 1.59 bits per heavy atom. The van der Waals surface area contributed by atoms with Crippen LogP contribution < -0.4 is 4.90 Å². The highest BCUT2D eigenvalue weighted by atomic mass is 35.5. The van der Waals surface area contributed by atoms with Gasteiger partial charge >= 0.3 is 0 Å². The fourth-order valence-electron chi connectivity index (χ4n) is 5.73. The summed E-state index contributed by atoms with van der Waals surface area (Å²) in [5.74, 6) is 0.363. The molecule has 1 saturated carbocycles. The molecule has 2 saturated heterocycles. The van der Waals surface area contributed by atoms with Gasteiger partial charge in [0.25, 0.3) is 0 Å². The van der Waals surface area contributed by atoms with Gasteiger partial charge in [0.05, 0.1) is 21.8 Å². The van der Waals surface area contributed by atoms with E-state index in [0.29, 0.717) is 10.6 Å². The van der Waals surface area contributed by atoms with Gasteiger partial charge in [-0.3, -0.25) is 19.5 Å². The minimum absolute atomic E-state index is 0.137. The number of benzene rings is 2. The summed E-state index contributed by atoms with van der Waals surface area (Å²) in [7, 11) is 0. The van der Waals surface area contributed by atoms with Gasteiger partial charge in [0.15, 0.2) is 12.1 Å². The Balaban J connectivity index is 1.32. The molecule has 2 aromatic carbocycles. The molecule has 1 aliphatic carbocycles. The number of anilines is 1. The number of carbonyl (C=O) groups excluding carboxylic acids is 2. The minimum atomic E-state index is 0.137. The molecule has 2 aliphatic heterocycles. The van der Waals surface area contributed by atoms with Gasteiger partial charge in [-0.05, 0) is 74.2 Å². The zero-order valence-corrected chi connectivity index (χ0v) is 21.9. The lowest BCUT2D eigenvalue weighted by atomic mass is 9.97. The number of ketones is 1. The normalized spacial score (nSPS) is 19.0. The minimum Gasteiger partial charge on any atom is -0.368 e. The summed E-state index contributed by atoms with van der Waals surface area (Å²) in [6, 6.07) is 11.7. The zero-order valence-electron chi connectivity index (χ0n) is 21.2. The average molecular weight is 517 g/mol. The summed E-state index contributed by atoms with van der Waals surface area (Å²) in [4.78, 5) is 36.8. The Kier molecular flexibility index (Phi) is 6.98. The molecule has 37 heavy (non-hydrogen) atoms. The Morgan fingerprint density at radius 3 is 2.27 bits per heavy atom. The van der Waals surface area contributed by atoms with Gasteiger partial charge in [-0.1, -0.05) is 23.7 Å². The third-order valence-corrected chi connectivity index (χ3v) is 8.46. The molecule has 0 unspecified atom stereocenters. The molecule has 0 amide bonds. The molecule has 1 aromatic heterocycles. The molecule has 0 spiro atoms. The van der Waals surface area contributed by atoms with E-state index in [1.165, 1.54) is 25.9 Å². The maximum atomic E-state index is 13.4. The first-order valence-corrected chi connectivity index (χ1v) is 13.9. The van der Waals surface area contributed by atoms with Crippen LogP contribution in [0.25, 0.3) is 22.0 Å². The predicted molar refractivity (Wildman–Crippen MR) is 149 cm³/mol. The number of halogens is 1. The van der Waals surface area contributed by atoms with Crippen molar-refractivity contribution in [2.24, 2.45) is 5.92 Å². The zero-order chi connectivity index (χ0) is 25.4. The van der Waals surface area contributed by atoms with Crippen molar-refractivity contribution < 1.29 is 9.59 Å². The lowest BCUT2D eigenvalue weighted by Gasteiger charge is -2.38. The van der Waals surface area contributed by atoms with Crippen LogP contribution in [0.15, 0.2) is 42.6 Å². The highest BCUT2D eigenvalue weighted by Gasteiger charge is 2.34. The van der Waals surface area contributed by atoms with Crippen LogP contribution in [0.5, 0.6) is 0 Å². The number of nitrogens with zero attached hydrogens (tertiary/aromatic N) is 4. The Hall–Kier alpha value is -2.80. The molecule has 192 valence electrons. The number of hydrogen-bond donors (Lipinski definition) is 0. The molecule has 0 N–H and O–H groups in total. The van der Waals surface area contributed by atoms with E-state index in [0.717, 1.165) is 91.7 Å². The van der Waals surface area contributed by atoms with Crippen molar-refractivity contribution >= 4 is 40.3 Å². The Morgan fingerprint density at radius 1 is 0.919 bits per heavy atom. The van der Waals surface area contributed by atoms with Crippen molar-refractivity contribution in [3.63, 3.8) is 0 Å². The van der Waals surface area contributed by atoms with Crippen LogP contribution in [0, 0.1) is 5.92 Å². The van der Waals surface area contributed by atoms with Gasteiger partial charge in [-0.15, -0.1) is 0 Å². The summed E-state index contributed by atoms with van der Waals surface area (Å²) >= 11 is 6.34. The van der Waals surface area contributed by atoms with E-state index < -0.39 is 0 Å². The van der Waals surface area contributed by atoms with E-state index in [2.05, 4.69) is 20.8 Å². The molecule has 0 radical (unpaired) electrons. The third-order valence-electron chi connectivity index (χ3n) is 8.13. The number of rotatable bonds is 8. The molecular weight excluding hydrogens is 484 g/mol. The standard InChI is InChI=1S/C30H33ClN4O2/c31-27-18-23(5-6-24(27)20-36)22-7-8-28-25(17-22)29(26(19-32-28)30(37)21-3-4-21)35-15-13-34(14-16-35)12-11-33-9-1-2-10-33/h5-8,17-21H,1-4,9-16H2. The highest BCUT2D eigenvalue weighted by molar-refractivity contribution is 6.33. The maximum Gasteiger partial charge on any atom is 0.169 e. The van der Waals surface area contributed by atoms with Gasteiger partial charge in [0.1, 0.15) is 0 Å². The molecule has 3 aromatic rings. The average Bonchev–Trinajstić information content (AvgIpc) is 3.66. The van der Waals surface area contributed by atoms with Crippen molar-refractivity contribution in [1.29, 1.82) is 0 Å². The monoisotopic (exact) mass is 516 g/mol. The number of aldehydes is 1. The van der Waals surface area contributed by atoms with Gasteiger partial charge in [-0.25, -0.2) is 0 Å². The predicted octanol–water partition coefficient (Wildman–Crippen LogP) is 5.18. The first-order chi connectivity index (χ1) is 18.1. The smallest absolute Gasteiger partial charge is 0.169 e. The topological polar surface area (TPSA) is 56.8 Å². The second-order valence-corrected chi connectivity index (χ2v) is 11.0. The van der Waals surface area contributed by atoms with Crippen LogP contribution in [0.4, 0.5) is 5.69 Å². The summed E-state index contributed by atoms with van der Waals surface area (Å²) in [5.41, 5.74) is 5.08. The molecular formula is C30H33ClN4O2. The van der Waals surface area contributed by atoms with E-state index in [1.54, 1.807) is 12.3 Å². The Labute approximate surface area is 223 Å². The van der Waals surface area contributed by atoms with Crippen molar-refractivity contribution in [2.45, 2.75) is 25.7 Å². The van der Waals surface area contributed by atoms with Crippen molar-refractivity contribution in [3.8, 4) is 11.1 Å². The summed E-state index contributed by atoms with van der Waals surface area (Å²) < 4.78 is 0. The van der Waals surface area contributed by atoms with Crippen LogP contribution >= 0.6 is 11.6 Å². The molecule has 6 rings (SSSR count). The second-order valence-electron chi connectivity index (χ2n) is 10.6. The van der Waals surface area contributed by atoms with E-state index in [9.17, 15) is 9.59 Å². The number of pyridine rings is 1. The fourth-order valence-corrected chi connectivity index (χ4v) is 5.96. The number of fused-ring (bicyclic) bond motifs is 1. The maximum absolute atomic E-state index is 13.4. The molecule has 0 bridgehead atoms. The van der Waals surface area contributed by atoms with E-state index in [4.69, 9.17) is 16.6 Å². The highest BCUT2D eigenvalue weighted by Crippen LogP contribution is 2.39. The Bertz CT molecular complexity index is 1320. The van der Waals surface area contributed by atoms with Crippen molar-refractivity contribution in [3.05, 3.63) is 58.7 Å². The van der Waals surface area contributed by atoms with Gasteiger partial charge in [0, 0.05) is 62.3 Å². The SMILES string of the molecule is O=Cc1ccc(-c2ccc3ncc(C(=O)C4CC4)c(N4CCN(CCN5CCCC5)CC4)c3c2)cc1Cl. The number of hydrogen-bond acceptors (Lipinski definition) is 6. The number of carbonyl (C=O) groups is 2. The number of likely N-dealkylation sites (tertiary alicyclic amines) is 1. The van der Waals surface area contributed by atoms with E-state index in [-0.39, 0.29) is 11.7 Å². The van der Waals surface area contributed by atoms with Gasteiger partial charge in [-0.2, -0.15) is 0 Å². The summed E-state index contributed by atoms with van der Waals surface area (Å²) in [5, 5.41) is 1.44. The first-order valence-electron chi connectivity index (χ1n) is 13.5. The van der Waals surface area contributed by atoms with Crippen LogP contribution in [-0.4, -0.2) is 79.2 Å². The van der Waals surface area contributed by atoms with Crippen LogP contribution in [-0.2, 0) is 0 Å². The van der Waals surface area contributed by atoms with E-state index in [1.807, 2.05) is 24.3 Å². The molecule has 7 heteroatoms. The van der Waals surface area contributed by atoms with Crippen molar-refractivity contribution in [2.75, 3.05) is 57.3 Å². The van der Waals surface area contributed by atoms with Crippen LogP contribution in [0.3, 0.4) is 0 Å². The quantitative estimate of drug-likeness (QED) is 0.304. The van der Waals surface area contributed by atoms with Crippen molar-refractivity contribution in [1.82, 2.24) is 14.8 Å². The van der Waals surface area contributed by atoms with Gasteiger partial charge in [0.2, 0.25) is 0 Å². The lowest BCUT2D eigenvalue weighted by Crippen LogP contribution is -2.48. The fraction of sp³-hybridized carbons (Fsp3) is 0.433. The number of piperazine rings is 1. The van der Waals surface area contributed by atoms with Crippen LogP contribution in [0.2, 0.25) is 5.02 Å². The molecule has 6 nitrogen and oxygen atoms in total. The summed E-state index contributed by atoms with van der Waals surface area (Å²) in [6.45, 7) is 8.53. The molecule has 0 atom stereocenters. The lowest BCUT2D eigenvalue weighted by molar-refractivity contribution is 0.0967. The molecule has 3 aliphatic rings. The molecule has 3 fully saturated rings. The largest absolute Gasteiger partial charge is 0.368 e. The first kappa shape index (κ1) is 24.5. The second kappa shape index (κ2) is 10.5. The summed E-state index contributed by atoms with van der Waals surface area (Å²) in [6.07, 6.45) is 7.18. The molecule has 3 heterocycles. The van der Waals surface area contributed by atoms with Crippen LogP contribution in [0.1, 0.15) is 46.4 Å². The number of aromatic nitrogens is 1. The third kappa shape index (κ3) is 5.15. The van der Waals surface area contributed by atoms with E-state index >= 15 is 0 Å². The van der Waals surface area contributed by atoms with Gasteiger partial charge < -0.3 is 9.80 Å².